The molecular weight excluding hydrogens is 438 g/mol. The Labute approximate surface area is 196 Å². The summed E-state index contributed by atoms with van der Waals surface area (Å²) >= 11 is 0. The molecule has 9 heteroatoms. The molecule has 1 aliphatic rings. The molecule has 3 aromatic rings. The van der Waals surface area contributed by atoms with Crippen LogP contribution in [0.2, 0.25) is 0 Å². The maximum atomic E-state index is 13.7. The van der Waals surface area contributed by atoms with Crippen LogP contribution in [0.25, 0.3) is 11.1 Å². The maximum Gasteiger partial charge on any atom is 0.335 e. The van der Waals surface area contributed by atoms with Gasteiger partial charge in [-0.3, -0.25) is 14.7 Å². The van der Waals surface area contributed by atoms with Gasteiger partial charge in [0, 0.05) is 36.2 Å². The Bertz CT molecular complexity index is 1240. The van der Waals surface area contributed by atoms with Crippen molar-refractivity contribution in [1.82, 2.24) is 15.1 Å². The number of hydrogen-bond acceptors (Lipinski definition) is 6. The predicted molar refractivity (Wildman–Crippen MR) is 123 cm³/mol. The second-order valence-electron chi connectivity index (χ2n) is 8.17. The van der Waals surface area contributed by atoms with Crippen LogP contribution in [0.4, 0.5) is 0 Å². The summed E-state index contributed by atoms with van der Waals surface area (Å²) in [6.07, 6.45) is 3.28. The molecule has 1 fully saturated rings. The number of H-pyrrole nitrogens is 1. The van der Waals surface area contributed by atoms with Gasteiger partial charge < -0.3 is 19.5 Å². The molecule has 2 aromatic carbocycles. The van der Waals surface area contributed by atoms with Crippen molar-refractivity contribution in [3.63, 3.8) is 0 Å². The zero-order valence-corrected chi connectivity index (χ0v) is 19.1. The molecule has 0 aliphatic carbocycles. The number of aromatic amines is 1. The largest absolute Gasteiger partial charge is 0.496 e. The highest BCUT2D eigenvalue weighted by atomic mass is 16.5. The predicted octanol–water partition coefficient (Wildman–Crippen LogP) is 3.61. The third kappa shape index (κ3) is 4.36. The topological polar surface area (TPSA) is 122 Å². The van der Waals surface area contributed by atoms with E-state index in [0.717, 1.165) is 11.1 Å². The van der Waals surface area contributed by atoms with Gasteiger partial charge in [0.25, 0.3) is 5.91 Å². The zero-order valence-electron chi connectivity index (χ0n) is 19.1. The Morgan fingerprint density at radius 1 is 1.21 bits per heavy atom. The van der Waals surface area contributed by atoms with Crippen LogP contribution in [0.3, 0.4) is 0 Å². The minimum atomic E-state index is -1.04. The van der Waals surface area contributed by atoms with Gasteiger partial charge in [-0.15, -0.1) is 0 Å². The molecule has 0 radical (unpaired) electrons. The molecule has 1 unspecified atom stereocenters. The number of nitrogens with one attached hydrogen (secondary N) is 1. The summed E-state index contributed by atoms with van der Waals surface area (Å²) in [5.74, 6) is -1.22. The van der Waals surface area contributed by atoms with Crippen LogP contribution in [-0.2, 0) is 9.53 Å². The average molecular weight is 463 g/mol. The minimum absolute atomic E-state index is 0.173. The molecule has 2 heterocycles. The SMILES string of the molecule is COc1cc(C(=O)N2CC(OC(C)=O)C[C@@H]2c2cccc(C(=O)O)c2C)ccc1-c1cn[nH]c1. The quantitative estimate of drug-likeness (QED) is 0.536. The molecule has 1 saturated heterocycles. The lowest BCUT2D eigenvalue weighted by Gasteiger charge is -2.26. The first kappa shape index (κ1) is 23.0. The number of carbonyl (C=O) groups is 3. The standard InChI is InChI=1S/C25H25N3O6/c1-14-19(5-4-6-20(14)25(31)32)22-10-18(34-15(2)29)13-28(22)24(30)16-7-8-21(23(9-16)33-3)17-11-26-27-12-17/h4-9,11-12,18,22H,10,13H2,1-3H3,(H,26,27)(H,31,32)/t18?,22-/m1/s1. The number of amides is 1. The number of hydrogen-bond donors (Lipinski definition) is 2. The second kappa shape index (κ2) is 9.38. The molecule has 1 aliphatic heterocycles. The zero-order chi connectivity index (χ0) is 24.4. The molecule has 2 atom stereocenters. The van der Waals surface area contributed by atoms with Crippen LogP contribution in [0, 0.1) is 6.92 Å². The Kier molecular flexibility index (Phi) is 6.36. The summed E-state index contributed by atoms with van der Waals surface area (Å²) < 4.78 is 10.9. The van der Waals surface area contributed by atoms with Crippen LogP contribution < -0.4 is 4.74 Å². The Balaban J connectivity index is 1.72. The number of carboxylic acids is 1. The van der Waals surface area contributed by atoms with Crippen molar-refractivity contribution in [2.24, 2.45) is 0 Å². The highest BCUT2D eigenvalue weighted by Crippen LogP contribution is 2.38. The van der Waals surface area contributed by atoms with E-state index in [9.17, 15) is 19.5 Å². The van der Waals surface area contributed by atoms with Gasteiger partial charge in [-0.2, -0.15) is 5.10 Å². The summed E-state index contributed by atoms with van der Waals surface area (Å²) in [6.45, 7) is 3.25. The Hall–Kier alpha value is -4.14. The number of rotatable bonds is 6. The highest BCUT2D eigenvalue weighted by Gasteiger charge is 2.39. The van der Waals surface area contributed by atoms with Crippen LogP contribution in [-0.4, -0.2) is 57.8 Å². The molecule has 4 rings (SSSR count). The van der Waals surface area contributed by atoms with E-state index in [-0.39, 0.29) is 18.0 Å². The van der Waals surface area contributed by atoms with Crippen molar-refractivity contribution < 1.29 is 29.0 Å². The first-order valence-corrected chi connectivity index (χ1v) is 10.8. The number of nitrogens with zero attached hydrogens (tertiary/aromatic N) is 2. The number of esters is 1. The minimum Gasteiger partial charge on any atom is -0.496 e. The summed E-state index contributed by atoms with van der Waals surface area (Å²) in [5, 5.41) is 16.3. The second-order valence-corrected chi connectivity index (χ2v) is 8.17. The van der Waals surface area contributed by atoms with Crippen molar-refractivity contribution in [3.8, 4) is 16.9 Å². The lowest BCUT2D eigenvalue weighted by atomic mass is 9.94. The van der Waals surface area contributed by atoms with Crippen molar-refractivity contribution in [1.29, 1.82) is 0 Å². The van der Waals surface area contributed by atoms with Gasteiger partial charge >= 0.3 is 11.9 Å². The van der Waals surface area contributed by atoms with Crippen LogP contribution in [0.1, 0.15) is 51.2 Å². The smallest absolute Gasteiger partial charge is 0.335 e. The first-order valence-electron chi connectivity index (χ1n) is 10.8. The van der Waals surface area contributed by atoms with E-state index in [1.165, 1.54) is 20.1 Å². The Morgan fingerprint density at radius 3 is 2.65 bits per heavy atom. The molecule has 1 aromatic heterocycles. The van der Waals surface area contributed by atoms with Crippen LogP contribution >= 0.6 is 0 Å². The van der Waals surface area contributed by atoms with E-state index in [4.69, 9.17) is 9.47 Å². The van der Waals surface area contributed by atoms with Gasteiger partial charge in [0.15, 0.2) is 0 Å². The van der Waals surface area contributed by atoms with Crippen molar-refractivity contribution in [3.05, 3.63) is 71.0 Å². The molecule has 34 heavy (non-hydrogen) atoms. The summed E-state index contributed by atoms with van der Waals surface area (Å²) in [4.78, 5) is 38.6. The summed E-state index contributed by atoms with van der Waals surface area (Å²) in [6, 6.07) is 9.73. The number of methoxy groups -OCH3 is 1. The number of benzene rings is 2. The number of ether oxygens (including phenoxy) is 2. The van der Waals surface area contributed by atoms with Crippen LogP contribution in [0.15, 0.2) is 48.8 Å². The number of aromatic nitrogens is 2. The van der Waals surface area contributed by atoms with Gasteiger partial charge in [-0.05, 0) is 42.3 Å². The molecule has 0 spiro atoms. The number of likely N-dealkylation sites (tertiary alicyclic amines) is 1. The molecule has 176 valence electrons. The molecule has 0 bridgehead atoms. The van der Waals surface area contributed by atoms with E-state index in [1.807, 2.05) is 6.07 Å². The highest BCUT2D eigenvalue weighted by molar-refractivity contribution is 5.96. The van der Waals surface area contributed by atoms with Crippen molar-refractivity contribution in [2.45, 2.75) is 32.4 Å². The molecule has 1 amide bonds. The monoisotopic (exact) mass is 463 g/mol. The fourth-order valence-corrected chi connectivity index (χ4v) is 4.51. The number of carboxylic acid groups (broad SMARTS) is 1. The molecular formula is C25H25N3O6. The first-order chi connectivity index (χ1) is 16.3. The third-order valence-corrected chi connectivity index (χ3v) is 6.08. The van der Waals surface area contributed by atoms with Gasteiger partial charge in [-0.25, -0.2) is 4.79 Å². The van der Waals surface area contributed by atoms with E-state index in [2.05, 4.69) is 10.2 Å². The van der Waals surface area contributed by atoms with Crippen molar-refractivity contribution >= 4 is 17.8 Å². The van der Waals surface area contributed by atoms with Gasteiger partial charge in [0.05, 0.1) is 31.5 Å². The fraction of sp³-hybridized carbons (Fsp3) is 0.280. The normalized spacial score (nSPS) is 17.4. The van der Waals surface area contributed by atoms with E-state index in [0.29, 0.717) is 28.9 Å². The third-order valence-electron chi connectivity index (χ3n) is 6.08. The molecule has 2 N–H and O–H groups in total. The lowest BCUT2D eigenvalue weighted by molar-refractivity contribution is -0.145. The van der Waals surface area contributed by atoms with E-state index >= 15 is 0 Å². The van der Waals surface area contributed by atoms with Gasteiger partial charge in [0.2, 0.25) is 0 Å². The maximum absolute atomic E-state index is 13.7. The summed E-state index contributed by atoms with van der Waals surface area (Å²) in [5.41, 5.74) is 3.48. The van der Waals surface area contributed by atoms with E-state index < -0.39 is 24.1 Å². The lowest BCUT2D eigenvalue weighted by Crippen LogP contribution is -2.32. The van der Waals surface area contributed by atoms with Crippen molar-refractivity contribution in [2.75, 3.05) is 13.7 Å². The number of aromatic carboxylic acids is 1. The molecule has 9 nitrogen and oxygen atoms in total. The molecule has 0 saturated carbocycles. The Morgan fingerprint density at radius 2 is 2.00 bits per heavy atom. The average Bonchev–Trinajstić information content (AvgIpc) is 3.48. The summed E-state index contributed by atoms with van der Waals surface area (Å²) in [7, 11) is 1.53. The van der Waals surface area contributed by atoms with Crippen LogP contribution in [0.5, 0.6) is 5.75 Å². The van der Waals surface area contributed by atoms with E-state index in [1.54, 1.807) is 48.5 Å². The fourth-order valence-electron chi connectivity index (χ4n) is 4.51. The van der Waals surface area contributed by atoms with Gasteiger partial charge in [0.1, 0.15) is 11.9 Å². The number of carbonyl (C=O) groups excluding carboxylic acids is 2. The van der Waals surface area contributed by atoms with Gasteiger partial charge in [-0.1, -0.05) is 12.1 Å².